The smallest absolute Gasteiger partial charge is 0.390 e. The number of aliphatic hydroxyl groups is 1. The Kier molecular flexibility index (Phi) is 10.0. The lowest BCUT2D eigenvalue weighted by Gasteiger charge is -2.32. The molecule has 16 nitrogen and oxygen atoms in total. The van der Waals surface area contributed by atoms with Crippen LogP contribution in [0.2, 0.25) is 0 Å². The van der Waals surface area contributed by atoms with Gasteiger partial charge in [-0.25, -0.2) is 23.7 Å². The number of nitrogens with zero attached hydrogens (tertiary/aromatic N) is 3. The van der Waals surface area contributed by atoms with Crippen molar-refractivity contribution in [3.8, 4) is 11.8 Å². The number of amidine groups is 1. The fraction of sp³-hybridized carbons (Fsp3) is 0.368. The van der Waals surface area contributed by atoms with Crippen LogP contribution in [0.5, 0.6) is 0 Å². The minimum Gasteiger partial charge on any atom is -0.390 e. The van der Waals surface area contributed by atoms with Crippen LogP contribution in [-0.2, 0) is 31.6 Å². The number of aliphatic hydroxyl groups excluding tert-OH is 1. The van der Waals surface area contributed by atoms with Gasteiger partial charge in [0.1, 0.15) is 30.7 Å². The van der Waals surface area contributed by atoms with E-state index in [-0.39, 0.29) is 12.3 Å². The van der Waals surface area contributed by atoms with Crippen molar-refractivity contribution < 1.29 is 56.3 Å². The van der Waals surface area contributed by atoms with Gasteiger partial charge in [-0.05, 0) is 16.2 Å². The Bertz CT molecular complexity index is 1520. The summed E-state index contributed by atoms with van der Waals surface area (Å²) in [6, 6.07) is 0. The van der Waals surface area contributed by atoms with Gasteiger partial charge < -0.3 is 40.1 Å². The Hall–Kier alpha value is -0.810. The van der Waals surface area contributed by atoms with Gasteiger partial charge in [0.2, 0.25) is 0 Å². The van der Waals surface area contributed by atoms with Crippen molar-refractivity contribution in [1.29, 1.82) is 0 Å². The van der Waals surface area contributed by atoms with Crippen molar-refractivity contribution >= 4 is 82.7 Å². The molecule has 4 unspecified atom stereocenters. The van der Waals surface area contributed by atoms with E-state index >= 15 is 0 Å². The maximum Gasteiger partial charge on any atom is 0.490 e. The zero-order chi connectivity index (χ0) is 30.3. The van der Waals surface area contributed by atoms with Crippen LogP contribution >= 0.6 is 70.5 Å². The van der Waals surface area contributed by atoms with E-state index in [9.17, 15) is 28.6 Å². The number of fused-ring (bicyclic) bond motifs is 1. The van der Waals surface area contributed by atoms with Crippen molar-refractivity contribution in [2.75, 3.05) is 6.61 Å². The minimum absolute atomic E-state index is 0.00929. The molecule has 5 aliphatic heterocycles. The maximum atomic E-state index is 12.1. The Morgan fingerprint density at radius 2 is 1.81 bits per heavy atom. The monoisotopic (exact) mass is 718 g/mol. The number of rotatable bonds is 8. The van der Waals surface area contributed by atoms with E-state index < -0.39 is 60.6 Å². The topological polar surface area (TPSA) is 243 Å². The first-order chi connectivity index (χ1) is 19.7. The van der Waals surface area contributed by atoms with Gasteiger partial charge in [-0.1, -0.05) is 58.9 Å². The van der Waals surface area contributed by atoms with Gasteiger partial charge in [0.05, 0.1) is 32.0 Å². The molecule has 0 aliphatic carbocycles. The summed E-state index contributed by atoms with van der Waals surface area (Å²) in [5.41, 5.74) is 6.81. The maximum absolute atomic E-state index is 12.1. The number of phosphoric ester groups is 1. The Labute approximate surface area is 255 Å². The molecule has 7 N–H and O–H groups in total. The third-order valence-corrected chi connectivity index (χ3v) is 14.4. The van der Waals surface area contributed by atoms with Crippen LogP contribution in [0.3, 0.4) is 0 Å². The number of allylic oxidation sites excluding steroid dienone is 1. The Morgan fingerprint density at radius 1 is 1.07 bits per heavy atom. The van der Waals surface area contributed by atoms with Gasteiger partial charge in [0, 0.05) is 18.2 Å². The molecule has 7 atom stereocenters. The van der Waals surface area contributed by atoms with Gasteiger partial charge in [0.25, 0.3) is 0 Å². The quantitative estimate of drug-likeness (QED) is 0.156. The lowest BCUT2D eigenvalue weighted by atomic mass is 9.98. The second kappa shape index (κ2) is 12.9. The summed E-state index contributed by atoms with van der Waals surface area (Å²) in [5.74, 6) is 6.12. The highest BCUT2D eigenvalue weighted by atomic mass is 32.2. The van der Waals surface area contributed by atoms with Crippen LogP contribution in [0.1, 0.15) is 6.42 Å². The van der Waals surface area contributed by atoms with Crippen molar-refractivity contribution in [2.45, 2.75) is 31.0 Å². The van der Waals surface area contributed by atoms with Crippen molar-refractivity contribution in [2.24, 2.45) is 21.6 Å². The van der Waals surface area contributed by atoms with E-state index in [1.807, 2.05) is 16.2 Å². The van der Waals surface area contributed by atoms with Gasteiger partial charge in [0.15, 0.2) is 0 Å². The molecule has 0 aromatic carbocycles. The molecule has 0 aromatic rings. The molecular weight excluding hydrogens is 697 g/mol. The SMILES string of the molecule is NC1=NC=NC2C1C(C#CC1=CSC(=C3SC=CS3)S1)=CN2[C@H]1C[C@H](O)[C@@H](COP(=O)(O)OP(=O)(O)OP(=O)(O)O)O1. The molecule has 0 bridgehead atoms. The van der Waals surface area contributed by atoms with E-state index in [2.05, 4.69) is 35.0 Å². The number of hydrogen-bond acceptors (Lipinski definition) is 16. The van der Waals surface area contributed by atoms with Crippen LogP contribution in [-0.4, -0.2) is 73.0 Å². The molecule has 0 amide bonds. The normalized spacial score (nSPS) is 31.7. The molecule has 1 saturated heterocycles. The number of thioether (sulfide) groups is 4. The predicted octanol–water partition coefficient (Wildman–Crippen LogP) is 2.75. The molecule has 0 saturated carbocycles. The van der Waals surface area contributed by atoms with E-state index in [4.69, 9.17) is 20.3 Å². The summed E-state index contributed by atoms with van der Waals surface area (Å²) in [5, 5.41) is 16.6. The second-order valence-electron chi connectivity index (χ2n) is 8.60. The fourth-order valence-corrected chi connectivity index (χ4v) is 11.4. The van der Waals surface area contributed by atoms with Crippen LogP contribution in [0.4, 0.5) is 0 Å². The van der Waals surface area contributed by atoms with E-state index in [1.165, 1.54) is 10.6 Å². The molecule has 5 aliphatic rings. The average molecular weight is 719 g/mol. The van der Waals surface area contributed by atoms with Gasteiger partial charge in [-0.15, -0.1) is 0 Å². The van der Waals surface area contributed by atoms with Crippen LogP contribution in [0, 0.1) is 17.8 Å². The van der Waals surface area contributed by atoms with Crippen LogP contribution in [0.25, 0.3) is 0 Å². The standard InChI is InChI=1S/C19H21N4O12P3S4/c20-16-15-10(1-2-11-8-41-19(42-11)18-39-3-4-40-18)6-23(17(15)22-9-21-16)14-5-12(24)13(33-14)7-32-37(28,29)35-38(30,31)34-36(25,26)27/h3-4,6,8-9,12-15,17,24H,5,7H2,(H,28,29)(H,30,31)(H2,20,21,22)(H2,25,26,27)/t12-,13+,14+,15?,17?/m0/s1. The zero-order valence-corrected chi connectivity index (χ0v) is 26.6. The molecular formula is C19H21N4O12P3S4. The molecule has 5 heterocycles. The summed E-state index contributed by atoms with van der Waals surface area (Å²) in [6.45, 7) is -0.792. The number of aliphatic imine (C=N–C) groups is 2. The molecule has 1 fully saturated rings. The number of phosphoric acid groups is 3. The summed E-state index contributed by atoms with van der Waals surface area (Å²) in [6.07, 6.45) is -0.793. The number of ether oxygens (including phenoxy) is 1. The van der Waals surface area contributed by atoms with Crippen molar-refractivity contribution in [3.63, 3.8) is 0 Å². The first kappa shape index (κ1) is 32.6. The summed E-state index contributed by atoms with van der Waals surface area (Å²) in [4.78, 5) is 47.4. The van der Waals surface area contributed by atoms with E-state index in [0.717, 1.165) is 9.14 Å². The van der Waals surface area contributed by atoms with Crippen molar-refractivity contribution in [1.82, 2.24) is 4.90 Å². The van der Waals surface area contributed by atoms with Crippen molar-refractivity contribution in [3.05, 3.63) is 41.4 Å². The first-order valence-electron chi connectivity index (χ1n) is 11.4. The third-order valence-electron chi connectivity index (χ3n) is 5.70. The van der Waals surface area contributed by atoms with Crippen LogP contribution < -0.4 is 5.73 Å². The van der Waals surface area contributed by atoms with Gasteiger partial charge in [-0.2, -0.15) is 8.62 Å². The van der Waals surface area contributed by atoms with Gasteiger partial charge >= 0.3 is 23.5 Å². The molecule has 0 aromatic heterocycles. The minimum atomic E-state index is -5.68. The molecule has 23 heteroatoms. The summed E-state index contributed by atoms with van der Waals surface area (Å²) < 4.78 is 54.6. The molecule has 42 heavy (non-hydrogen) atoms. The average Bonchev–Trinajstić information content (AvgIpc) is 3.65. The van der Waals surface area contributed by atoms with Gasteiger partial charge in [-0.3, -0.25) is 4.52 Å². The summed E-state index contributed by atoms with van der Waals surface area (Å²) in [7, 11) is -16.6. The largest absolute Gasteiger partial charge is 0.490 e. The van der Waals surface area contributed by atoms with Crippen LogP contribution in [0.15, 0.2) is 51.4 Å². The molecule has 228 valence electrons. The molecule has 0 radical (unpaired) electrons. The fourth-order valence-electron chi connectivity index (χ4n) is 4.09. The Balaban J connectivity index is 1.24. The number of nitrogens with two attached hydrogens (primary N) is 1. The lowest BCUT2D eigenvalue weighted by Crippen LogP contribution is -2.44. The zero-order valence-electron chi connectivity index (χ0n) is 20.7. The highest BCUT2D eigenvalue weighted by Crippen LogP contribution is 2.66. The highest BCUT2D eigenvalue weighted by Gasteiger charge is 2.47. The predicted molar refractivity (Wildman–Crippen MR) is 159 cm³/mol. The van der Waals surface area contributed by atoms with E-state index in [0.29, 0.717) is 5.57 Å². The highest BCUT2D eigenvalue weighted by molar-refractivity contribution is 8.33. The third kappa shape index (κ3) is 8.06. The Morgan fingerprint density at radius 3 is 2.52 bits per heavy atom. The molecule has 0 spiro atoms. The number of hydrogen-bond donors (Lipinski definition) is 6. The first-order valence-corrected chi connectivity index (χ1v) is 19.4. The second-order valence-corrected chi connectivity index (χ2v) is 17.3. The lowest BCUT2D eigenvalue weighted by molar-refractivity contribution is -0.0713. The summed E-state index contributed by atoms with van der Waals surface area (Å²) >= 11 is 6.49. The van der Waals surface area contributed by atoms with E-state index in [1.54, 1.807) is 58.1 Å². The molecule has 5 rings (SSSR count).